The second kappa shape index (κ2) is 8.10. The Morgan fingerprint density at radius 1 is 1.03 bits per heavy atom. The molecule has 9 heteroatoms. The second-order valence-electron chi connectivity index (χ2n) is 6.87. The fourth-order valence-corrected chi connectivity index (χ4v) is 3.28. The number of halogens is 3. The number of imidazole rings is 1. The lowest BCUT2D eigenvalue weighted by atomic mass is 10.0. The van der Waals surface area contributed by atoms with Crippen LogP contribution in [0.1, 0.15) is 5.56 Å². The van der Waals surface area contributed by atoms with Crippen LogP contribution in [0.15, 0.2) is 79.1 Å². The molecule has 0 saturated carbocycles. The zero-order valence-corrected chi connectivity index (χ0v) is 16.4. The smallest absolute Gasteiger partial charge is 0.507 e. The minimum Gasteiger partial charge on any atom is -0.507 e. The van der Waals surface area contributed by atoms with E-state index in [-0.39, 0.29) is 11.5 Å². The van der Waals surface area contributed by atoms with Gasteiger partial charge in [-0.15, -0.1) is 13.2 Å². The quantitative estimate of drug-likeness (QED) is 0.339. The van der Waals surface area contributed by atoms with Crippen LogP contribution >= 0.6 is 0 Å². The van der Waals surface area contributed by atoms with E-state index in [4.69, 9.17) is 5.73 Å². The molecular weight excluding hydrogens is 423 g/mol. The first-order chi connectivity index (χ1) is 15.2. The van der Waals surface area contributed by atoms with Crippen LogP contribution in [-0.2, 0) is 4.79 Å². The molecule has 0 bridgehead atoms. The molecule has 0 spiro atoms. The van der Waals surface area contributed by atoms with Crippen molar-refractivity contribution in [3.05, 3.63) is 84.7 Å². The number of nitrogens with zero attached hydrogens (tertiary/aromatic N) is 2. The molecule has 0 saturated heterocycles. The fourth-order valence-electron chi connectivity index (χ4n) is 3.28. The Morgan fingerprint density at radius 3 is 2.47 bits per heavy atom. The number of nitrogens with two attached hydrogens (primary N) is 1. The maximum atomic E-state index is 12.4. The van der Waals surface area contributed by atoms with E-state index in [0.29, 0.717) is 22.2 Å². The van der Waals surface area contributed by atoms with E-state index >= 15 is 0 Å². The highest BCUT2D eigenvalue weighted by molar-refractivity contribution is 5.93. The Kier molecular flexibility index (Phi) is 5.31. The number of primary amides is 1. The Bertz CT molecular complexity index is 1330. The Balaban J connectivity index is 1.70. The first-order valence-electron chi connectivity index (χ1n) is 9.34. The number of ether oxygens (including phenoxy) is 1. The van der Waals surface area contributed by atoms with Gasteiger partial charge < -0.3 is 15.6 Å². The highest BCUT2D eigenvalue weighted by Crippen LogP contribution is 2.29. The number of carbonyl (C=O) groups excluding carboxylic acids is 1. The summed E-state index contributed by atoms with van der Waals surface area (Å²) in [5, 5.41) is 10.1. The topological polar surface area (TPSA) is 90.4 Å². The molecular formula is C23H16F3N3O3. The maximum Gasteiger partial charge on any atom is 0.573 e. The molecule has 3 N–H and O–H groups in total. The third-order valence-corrected chi connectivity index (χ3v) is 4.67. The monoisotopic (exact) mass is 439 g/mol. The van der Waals surface area contributed by atoms with Crippen molar-refractivity contribution in [2.75, 3.05) is 0 Å². The number of aromatic nitrogens is 2. The minimum atomic E-state index is -4.75. The highest BCUT2D eigenvalue weighted by atomic mass is 19.4. The van der Waals surface area contributed by atoms with Crippen LogP contribution in [0.2, 0.25) is 0 Å². The van der Waals surface area contributed by atoms with Gasteiger partial charge >= 0.3 is 6.36 Å². The van der Waals surface area contributed by atoms with Crippen LogP contribution in [0.4, 0.5) is 13.2 Å². The van der Waals surface area contributed by atoms with Crippen LogP contribution in [-0.4, -0.2) is 26.9 Å². The van der Waals surface area contributed by atoms with Crippen molar-refractivity contribution >= 4 is 22.7 Å². The molecule has 6 nitrogen and oxygen atoms in total. The molecule has 0 atom stereocenters. The zero-order chi connectivity index (χ0) is 22.9. The molecule has 4 rings (SSSR count). The van der Waals surface area contributed by atoms with Gasteiger partial charge in [-0.25, -0.2) is 4.98 Å². The van der Waals surface area contributed by atoms with Gasteiger partial charge in [0.1, 0.15) is 17.8 Å². The number of aliphatic hydroxyl groups excluding tert-OH is 1. The second-order valence-corrected chi connectivity index (χ2v) is 6.87. The molecule has 0 radical (unpaired) electrons. The van der Waals surface area contributed by atoms with E-state index in [2.05, 4.69) is 9.72 Å². The van der Waals surface area contributed by atoms with E-state index in [9.17, 15) is 23.1 Å². The summed E-state index contributed by atoms with van der Waals surface area (Å²) in [7, 11) is 0. The molecule has 0 unspecified atom stereocenters. The Labute approximate surface area is 180 Å². The van der Waals surface area contributed by atoms with E-state index in [1.54, 1.807) is 29.1 Å². The summed E-state index contributed by atoms with van der Waals surface area (Å²) >= 11 is 0. The van der Waals surface area contributed by atoms with E-state index in [1.165, 1.54) is 24.3 Å². The largest absolute Gasteiger partial charge is 0.573 e. The van der Waals surface area contributed by atoms with Gasteiger partial charge in [0.05, 0.1) is 11.0 Å². The van der Waals surface area contributed by atoms with Crippen molar-refractivity contribution in [1.82, 2.24) is 9.55 Å². The normalized spacial score (nSPS) is 12.2. The molecule has 0 aliphatic heterocycles. The van der Waals surface area contributed by atoms with Crippen LogP contribution < -0.4 is 10.5 Å². The van der Waals surface area contributed by atoms with Gasteiger partial charge in [0.25, 0.3) is 0 Å². The molecule has 4 aromatic rings. The summed E-state index contributed by atoms with van der Waals surface area (Å²) in [6.07, 6.45) is -2.21. The number of carbonyl (C=O) groups is 1. The van der Waals surface area contributed by atoms with E-state index in [0.717, 1.165) is 17.3 Å². The third kappa shape index (κ3) is 4.56. The van der Waals surface area contributed by atoms with Gasteiger partial charge in [-0.05, 0) is 53.6 Å². The first kappa shape index (κ1) is 21.0. The summed E-state index contributed by atoms with van der Waals surface area (Å²) in [6.45, 7) is 0. The Hall–Kier alpha value is -4.27. The van der Waals surface area contributed by atoms with Gasteiger partial charge in [0.2, 0.25) is 5.91 Å². The molecule has 3 aromatic carbocycles. The lowest BCUT2D eigenvalue weighted by molar-refractivity contribution is -0.274. The van der Waals surface area contributed by atoms with Gasteiger partial charge in [-0.3, -0.25) is 9.36 Å². The molecule has 0 aliphatic carbocycles. The van der Waals surface area contributed by atoms with Crippen LogP contribution in [0.5, 0.6) is 5.75 Å². The maximum absolute atomic E-state index is 12.4. The zero-order valence-electron chi connectivity index (χ0n) is 16.4. The summed E-state index contributed by atoms with van der Waals surface area (Å²) < 4.78 is 42.8. The predicted molar refractivity (Wildman–Crippen MR) is 113 cm³/mol. The molecule has 32 heavy (non-hydrogen) atoms. The predicted octanol–water partition coefficient (Wildman–Crippen LogP) is 4.98. The van der Waals surface area contributed by atoms with Crippen LogP contribution in [0, 0.1) is 0 Å². The molecule has 1 heterocycles. The van der Waals surface area contributed by atoms with Crippen molar-refractivity contribution < 1.29 is 27.8 Å². The number of fused-ring (bicyclic) bond motifs is 1. The van der Waals surface area contributed by atoms with Crippen molar-refractivity contribution in [2.45, 2.75) is 6.36 Å². The van der Waals surface area contributed by atoms with Crippen molar-refractivity contribution in [2.24, 2.45) is 5.73 Å². The first-order valence-corrected chi connectivity index (χ1v) is 9.34. The SMILES string of the molecule is NC(=O)/C=C(\O)c1ccc2ncn(-c3cccc(-c4ccc(OC(F)(F)F)cc4)c3)c2c1. The summed E-state index contributed by atoms with van der Waals surface area (Å²) in [5.41, 5.74) is 9.06. The summed E-state index contributed by atoms with van der Waals surface area (Å²) in [5.74, 6) is -1.33. The van der Waals surface area contributed by atoms with E-state index in [1.807, 2.05) is 24.3 Å². The molecule has 1 amide bonds. The van der Waals surface area contributed by atoms with Gasteiger partial charge in [-0.1, -0.05) is 24.3 Å². The lowest BCUT2D eigenvalue weighted by Crippen LogP contribution is -2.16. The molecule has 162 valence electrons. The number of hydrogen-bond donors (Lipinski definition) is 2. The Morgan fingerprint density at radius 2 is 1.78 bits per heavy atom. The molecule has 1 aromatic heterocycles. The lowest BCUT2D eigenvalue weighted by Gasteiger charge is -2.11. The minimum absolute atomic E-state index is 0.262. The van der Waals surface area contributed by atoms with Gasteiger partial charge in [0, 0.05) is 17.3 Å². The van der Waals surface area contributed by atoms with Gasteiger partial charge in [0.15, 0.2) is 0 Å². The van der Waals surface area contributed by atoms with Crippen molar-refractivity contribution in [3.8, 4) is 22.6 Å². The summed E-state index contributed by atoms with van der Waals surface area (Å²) in [4.78, 5) is 15.4. The average molecular weight is 439 g/mol. The van der Waals surface area contributed by atoms with Crippen molar-refractivity contribution in [3.63, 3.8) is 0 Å². The number of hydrogen-bond acceptors (Lipinski definition) is 4. The fraction of sp³-hybridized carbons (Fsp3) is 0.0435. The van der Waals surface area contributed by atoms with Crippen LogP contribution in [0.3, 0.4) is 0 Å². The number of amides is 1. The summed E-state index contributed by atoms with van der Waals surface area (Å²) in [6, 6.07) is 17.9. The number of aliphatic hydroxyl groups is 1. The van der Waals surface area contributed by atoms with Gasteiger partial charge in [-0.2, -0.15) is 0 Å². The number of rotatable bonds is 5. The standard InChI is InChI=1S/C23H16F3N3O3/c24-23(25,26)32-18-7-4-14(5-8-18)15-2-1-3-17(10-15)29-13-28-19-9-6-16(11-20(19)29)21(30)12-22(27)31/h1-13,30H,(H2,27,31)/b21-12-. The number of benzene rings is 3. The van der Waals surface area contributed by atoms with Crippen molar-refractivity contribution in [1.29, 1.82) is 0 Å². The molecule has 0 fully saturated rings. The highest BCUT2D eigenvalue weighted by Gasteiger charge is 2.30. The van der Waals surface area contributed by atoms with Crippen LogP contribution in [0.25, 0.3) is 33.6 Å². The number of alkyl halides is 3. The third-order valence-electron chi connectivity index (χ3n) is 4.67. The molecule has 0 aliphatic rings. The van der Waals surface area contributed by atoms with E-state index < -0.39 is 12.3 Å². The average Bonchev–Trinajstić information content (AvgIpc) is 3.16.